The van der Waals surface area contributed by atoms with Gasteiger partial charge in [-0.05, 0) is 48.4 Å². The lowest BCUT2D eigenvalue weighted by Gasteiger charge is -2.35. The highest BCUT2D eigenvalue weighted by Gasteiger charge is 2.22. The minimum absolute atomic E-state index is 0.0369. The third-order valence-corrected chi connectivity index (χ3v) is 7.81. The molecule has 0 unspecified atom stereocenters. The summed E-state index contributed by atoms with van der Waals surface area (Å²) in [6.07, 6.45) is -0.578. The van der Waals surface area contributed by atoms with Gasteiger partial charge in [-0.1, -0.05) is 36.4 Å². The van der Waals surface area contributed by atoms with Gasteiger partial charge in [-0.25, -0.2) is 4.98 Å². The third kappa shape index (κ3) is 6.64. The number of ether oxygens (including phenoxy) is 1. The number of nitrogens with zero attached hydrogens (tertiary/aromatic N) is 3. The van der Waals surface area contributed by atoms with Crippen LogP contribution >= 0.6 is 11.3 Å². The maximum atomic E-state index is 12.7. The predicted molar refractivity (Wildman–Crippen MR) is 149 cm³/mol. The van der Waals surface area contributed by atoms with Crippen LogP contribution in [0.25, 0.3) is 21.0 Å². The summed E-state index contributed by atoms with van der Waals surface area (Å²) in [6, 6.07) is 20.4. The number of benzene rings is 3. The fourth-order valence-electron chi connectivity index (χ4n) is 4.84. The van der Waals surface area contributed by atoms with Gasteiger partial charge in [0.25, 0.3) is 0 Å². The van der Waals surface area contributed by atoms with Crippen molar-refractivity contribution in [3.8, 4) is 5.75 Å². The highest BCUT2D eigenvalue weighted by Crippen LogP contribution is 2.25. The molecule has 2 N–H and O–H groups in total. The molecule has 7 nitrogen and oxygen atoms in total. The average Bonchev–Trinajstić information content (AvgIpc) is 3.27. The van der Waals surface area contributed by atoms with Crippen molar-refractivity contribution in [2.24, 2.45) is 0 Å². The van der Waals surface area contributed by atoms with E-state index in [0.29, 0.717) is 13.1 Å². The molecule has 0 radical (unpaired) electrons. The standard InChI is InChI=1S/C29H34N4O3S/c1-20(23-8-7-22-5-3-4-6-24(22)15-23)30-29(35)18-33-13-11-32(12-14-33)17-25(34)19-36-26-9-10-28-27(16-26)31-21(2)37-28/h3-10,15-16,20,25,34H,11-14,17-19H2,1-2H3,(H,30,35)/t20-,25-/m1/s1. The van der Waals surface area contributed by atoms with Crippen LogP contribution in [0.4, 0.5) is 0 Å². The lowest BCUT2D eigenvalue weighted by atomic mass is 10.0. The van der Waals surface area contributed by atoms with E-state index in [1.54, 1.807) is 11.3 Å². The molecule has 1 aliphatic rings. The molecule has 2 heterocycles. The number of nitrogens with one attached hydrogen (secondary N) is 1. The predicted octanol–water partition coefficient (Wildman–Crippen LogP) is 3.99. The number of aromatic nitrogens is 1. The Morgan fingerprint density at radius 3 is 2.62 bits per heavy atom. The number of β-amino-alcohol motifs (C(OH)–C–C–N with tert-alkyl or cyclic N) is 1. The summed E-state index contributed by atoms with van der Waals surface area (Å²) in [5.74, 6) is 0.764. The molecular weight excluding hydrogens is 484 g/mol. The Morgan fingerprint density at radius 2 is 1.81 bits per heavy atom. The lowest BCUT2D eigenvalue weighted by Crippen LogP contribution is -2.51. The third-order valence-electron chi connectivity index (χ3n) is 6.86. The van der Waals surface area contributed by atoms with Gasteiger partial charge in [-0.15, -0.1) is 11.3 Å². The zero-order valence-corrected chi connectivity index (χ0v) is 22.2. The average molecular weight is 519 g/mol. The van der Waals surface area contributed by atoms with Crippen LogP contribution in [0.1, 0.15) is 23.5 Å². The van der Waals surface area contributed by atoms with Crippen LogP contribution in [0, 0.1) is 6.92 Å². The van der Waals surface area contributed by atoms with Gasteiger partial charge in [-0.2, -0.15) is 0 Å². The summed E-state index contributed by atoms with van der Waals surface area (Å²) in [5.41, 5.74) is 2.04. The van der Waals surface area contributed by atoms with E-state index in [1.807, 2.05) is 44.2 Å². The van der Waals surface area contributed by atoms with E-state index in [9.17, 15) is 9.90 Å². The van der Waals surface area contributed by atoms with Crippen LogP contribution in [0.3, 0.4) is 0 Å². The van der Waals surface area contributed by atoms with Crippen LogP contribution in [0.2, 0.25) is 0 Å². The number of hydrogen-bond donors (Lipinski definition) is 2. The van der Waals surface area contributed by atoms with Gasteiger partial charge in [-0.3, -0.25) is 14.6 Å². The quantitative estimate of drug-likeness (QED) is 0.349. The van der Waals surface area contributed by atoms with Gasteiger partial charge < -0.3 is 15.2 Å². The SMILES string of the molecule is Cc1nc2cc(OC[C@H](O)CN3CCN(CC(=O)N[C@H](C)c4ccc5ccccc5c4)CC3)ccc2s1. The number of amides is 1. The highest BCUT2D eigenvalue weighted by molar-refractivity contribution is 7.18. The first-order valence-corrected chi connectivity index (χ1v) is 13.7. The van der Waals surface area contributed by atoms with Crippen molar-refractivity contribution in [3.05, 3.63) is 71.2 Å². The molecule has 3 aromatic carbocycles. The topological polar surface area (TPSA) is 77.9 Å². The molecule has 1 saturated heterocycles. The molecule has 4 aromatic rings. The summed E-state index contributed by atoms with van der Waals surface area (Å²) < 4.78 is 6.96. The van der Waals surface area contributed by atoms with Gasteiger partial charge in [0.1, 0.15) is 18.5 Å². The molecule has 37 heavy (non-hydrogen) atoms. The number of aliphatic hydroxyl groups excluding tert-OH is 1. The Kier molecular flexibility index (Phi) is 8.00. The first kappa shape index (κ1) is 25.6. The number of rotatable bonds is 9. The molecule has 0 saturated carbocycles. The molecule has 194 valence electrons. The second kappa shape index (κ2) is 11.6. The van der Waals surface area contributed by atoms with Crippen molar-refractivity contribution in [3.63, 3.8) is 0 Å². The number of carbonyl (C=O) groups excluding carboxylic acids is 1. The number of carbonyl (C=O) groups is 1. The number of piperazine rings is 1. The van der Waals surface area contributed by atoms with Gasteiger partial charge in [0.15, 0.2) is 0 Å². The van der Waals surface area contributed by atoms with Crippen molar-refractivity contribution in [1.29, 1.82) is 0 Å². The monoisotopic (exact) mass is 518 g/mol. The van der Waals surface area contributed by atoms with Crippen LogP contribution in [0.15, 0.2) is 60.7 Å². The smallest absolute Gasteiger partial charge is 0.234 e. The second-order valence-electron chi connectivity index (χ2n) is 9.80. The Morgan fingerprint density at radius 1 is 1.05 bits per heavy atom. The van der Waals surface area contributed by atoms with Crippen molar-refractivity contribution >= 4 is 38.2 Å². The number of aryl methyl sites for hydroxylation is 1. The zero-order valence-electron chi connectivity index (χ0n) is 21.4. The molecule has 1 aliphatic heterocycles. The Balaban J connectivity index is 1.02. The molecular formula is C29H34N4O3S. The maximum Gasteiger partial charge on any atom is 0.234 e. The minimum atomic E-state index is -0.578. The van der Waals surface area contributed by atoms with E-state index in [0.717, 1.165) is 52.7 Å². The van der Waals surface area contributed by atoms with Gasteiger partial charge in [0, 0.05) is 38.8 Å². The minimum Gasteiger partial charge on any atom is -0.491 e. The molecule has 1 amide bonds. The summed E-state index contributed by atoms with van der Waals surface area (Å²) in [7, 11) is 0. The van der Waals surface area contributed by atoms with E-state index in [-0.39, 0.29) is 18.6 Å². The Hall–Kier alpha value is -3.04. The van der Waals surface area contributed by atoms with Crippen LogP contribution < -0.4 is 10.1 Å². The Labute approximate surface area is 221 Å². The van der Waals surface area contributed by atoms with Gasteiger partial charge >= 0.3 is 0 Å². The van der Waals surface area contributed by atoms with E-state index < -0.39 is 6.10 Å². The Bertz CT molecular complexity index is 1370. The fourth-order valence-corrected chi connectivity index (χ4v) is 5.64. The molecule has 1 fully saturated rings. The molecule has 1 aromatic heterocycles. The van der Waals surface area contributed by atoms with E-state index in [4.69, 9.17) is 4.74 Å². The number of aliphatic hydroxyl groups is 1. The van der Waals surface area contributed by atoms with E-state index in [2.05, 4.69) is 50.4 Å². The van der Waals surface area contributed by atoms with Crippen molar-refractivity contribution < 1.29 is 14.6 Å². The van der Waals surface area contributed by atoms with Crippen LogP contribution in [-0.2, 0) is 4.79 Å². The molecule has 8 heteroatoms. The van der Waals surface area contributed by atoms with Gasteiger partial charge in [0.05, 0.1) is 27.8 Å². The summed E-state index contributed by atoms with van der Waals surface area (Å²) in [6.45, 7) is 8.42. The first-order valence-electron chi connectivity index (χ1n) is 12.8. The summed E-state index contributed by atoms with van der Waals surface area (Å²) in [5, 5.41) is 17.1. The summed E-state index contributed by atoms with van der Waals surface area (Å²) >= 11 is 1.66. The lowest BCUT2D eigenvalue weighted by molar-refractivity contribution is -0.123. The molecule has 0 aliphatic carbocycles. The molecule has 5 rings (SSSR count). The maximum absolute atomic E-state index is 12.7. The largest absolute Gasteiger partial charge is 0.491 e. The van der Waals surface area contributed by atoms with Gasteiger partial charge in [0.2, 0.25) is 5.91 Å². The molecule has 2 atom stereocenters. The first-order chi connectivity index (χ1) is 17.9. The normalized spacial score (nSPS) is 16.6. The van der Waals surface area contributed by atoms with E-state index in [1.165, 1.54) is 10.8 Å². The number of hydrogen-bond acceptors (Lipinski definition) is 7. The van der Waals surface area contributed by atoms with Crippen LogP contribution in [-0.4, -0.2) is 77.8 Å². The molecule has 0 bridgehead atoms. The van der Waals surface area contributed by atoms with Crippen molar-refractivity contribution in [2.45, 2.75) is 26.0 Å². The zero-order chi connectivity index (χ0) is 25.8. The second-order valence-corrected chi connectivity index (χ2v) is 11.0. The fraction of sp³-hybridized carbons (Fsp3) is 0.379. The number of fused-ring (bicyclic) bond motifs is 2. The summed E-state index contributed by atoms with van der Waals surface area (Å²) in [4.78, 5) is 21.6. The van der Waals surface area contributed by atoms with E-state index >= 15 is 0 Å². The highest BCUT2D eigenvalue weighted by atomic mass is 32.1. The van der Waals surface area contributed by atoms with Crippen molar-refractivity contribution in [2.75, 3.05) is 45.9 Å². The number of thiazole rings is 1. The van der Waals surface area contributed by atoms with Crippen molar-refractivity contribution in [1.82, 2.24) is 20.1 Å². The molecule has 0 spiro atoms. The van der Waals surface area contributed by atoms with Crippen LogP contribution in [0.5, 0.6) is 5.75 Å².